The normalized spacial score (nSPS) is 12.2. The summed E-state index contributed by atoms with van der Waals surface area (Å²) in [6, 6.07) is 84.5. The van der Waals surface area contributed by atoms with Gasteiger partial charge in [0.15, 0.2) is 0 Å². The zero-order valence-corrected chi connectivity index (χ0v) is 50.4. The van der Waals surface area contributed by atoms with Crippen molar-refractivity contribution in [3.8, 4) is 89.0 Å². The third kappa shape index (κ3) is 7.70. The van der Waals surface area contributed by atoms with Gasteiger partial charge in [0.1, 0.15) is 0 Å². The Hall–Kier alpha value is -10.2. The summed E-state index contributed by atoms with van der Waals surface area (Å²) in [6.45, 7) is 12.7. The Balaban J connectivity index is 0.969. The van der Waals surface area contributed by atoms with Crippen molar-refractivity contribution in [1.82, 2.24) is 0 Å². The maximum Gasteiger partial charge on any atom is 0.0340 e. The van der Waals surface area contributed by atoms with Gasteiger partial charge < -0.3 is 21.3 Å². The van der Waals surface area contributed by atoms with Gasteiger partial charge in [-0.15, -0.1) is 0 Å². The Bertz CT molecular complexity index is 5000. The molecule has 4 heteroatoms. The van der Waals surface area contributed by atoms with E-state index in [4.69, 9.17) is 0 Å². The second-order valence-corrected chi connectivity index (χ2v) is 24.5. The Morgan fingerprint density at radius 2 is 0.432 bits per heavy atom. The van der Waals surface area contributed by atoms with Crippen LogP contribution in [0.15, 0.2) is 218 Å². The molecule has 0 aliphatic heterocycles. The molecule has 4 N–H and O–H groups in total. The third-order valence-electron chi connectivity index (χ3n) is 19.4. The zero-order chi connectivity index (χ0) is 58.7. The molecule has 0 bridgehead atoms. The highest BCUT2D eigenvalue weighted by Gasteiger charge is 2.36. The maximum atomic E-state index is 3.68. The standard InChI is InChI=1S/C84H68N4/c1-5-45-85-53-29-21-49(22-30-53)71-61-19-13-14-20-62(61)72(50-23-31-54(32-24-50)86-46-6-2)82-68-42-38-64-66-40-44-70-78-69(43-39-65(76(66)78)63-37-41-67(81(71)82)77(68)75(63)64)83-73(51-25-33-55(34-26-51)87-47-7-3)79-59-17-11-9-15-57(59)58-16-10-12-18-60(58)80(79)74(84(70)83)52-27-35-56(36-28-52)88-48-8-4/h9-44,85-88H,5-8,45-48H2,1-4H3. The van der Waals surface area contributed by atoms with Crippen LogP contribution in [-0.4, -0.2) is 26.2 Å². The van der Waals surface area contributed by atoms with E-state index in [0.29, 0.717) is 0 Å². The largest absolute Gasteiger partial charge is 0.385 e. The summed E-state index contributed by atoms with van der Waals surface area (Å²) < 4.78 is 0. The van der Waals surface area contributed by atoms with Gasteiger partial charge in [-0.1, -0.05) is 198 Å². The van der Waals surface area contributed by atoms with Crippen molar-refractivity contribution >= 4 is 109 Å². The van der Waals surface area contributed by atoms with Gasteiger partial charge in [-0.25, -0.2) is 0 Å². The predicted molar refractivity (Wildman–Crippen MR) is 383 cm³/mol. The highest BCUT2D eigenvalue weighted by atomic mass is 14.9. The fourth-order valence-corrected chi connectivity index (χ4v) is 15.7. The lowest BCUT2D eigenvalue weighted by atomic mass is 9.79. The molecule has 15 aromatic carbocycles. The van der Waals surface area contributed by atoms with Gasteiger partial charge in [-0.05, 0) is 249 Å². The summed E-state index contributed by atoms with van der Waals surface area (Å²) in [7, 11) is 0. The number of benzene rings is 15. The van der Waals surface area contributed by atoms with Crippen molar-refractivity contribution in [2.45, 2.75) is 53.4 Å². The lowest BCUT2D eigenvalue weighted by Gasteiger charge is -2.24. The van der Waals surface area contributed by atoms with E-state index in [0.717, 1.165) is 74.6 Å². The minimum Gasteiger partial charge on any atom is -0.385 e. The Morgan fingerprint density at radius 3 is 0.716 bits per heavy atom. The van der Waals surface area contributed by atoms with Crippen LogP contribution in [-0.2, 0) is 0 Å². The SMILES string of the molecule is CCCNc1ccc(-c2c3c(c(-c4ccc(NCCC)cc4)c4ccccc24)-c2ccc4c5ccc6c7c(ccc(c8ccc-3c2c84)c75)-c2c-6c(-c3ccc(NCCC)cc3)c3c4ccccc4c4ccccc4c3c2-c2ccc(NCCC)cc2)cc1. The minimum absolute atomic E-state index is 0.931. The van der Waals surface area contributed by atoms with E-state index in [-0.39, 0.29) is 0 Å². The topological polar surface area (TPSA) is 48.1 Å². The van der Waals surface area contributed by atoms with Crippen LogP contribution in [0, 0.1) is 0 Å². The second kappa shape index (κ2) is 20.8. The Kier molecular flexibility index (Phi) is 12.3. The molecule has 17 rings (SSSR count). The van der Waals surface area contributed by atoms with Crippen molar-refractivity contribution in [3.05, 3.63) is 218 Å². The average molecular weight is 1130 g/mol. The van der Waals surface area contributed by atoms with E-state index in [1.807, 2.05) is 0 Å². The average Bonchev–Trinajstić information content (AvgIpc) is 1.45. The van der Waals surface area contributed by atoms with E-state index in [1.54, 1.807) is 0 Å². The molecule has 0 saturated carbocycles. The van der Waals surface area contributed by atoms with Crippen LogP contribution >= 0.6 is 0 Å². The molecule has 0 atom stereocenters. The van der Waals surface area contributed by atoms with E-state index < -0.39 is 0 Å². The number of hydrogen-bond acceptors (Lipinski definition) is 4. The molecule has 2 aliphatic rings. The smallest absolute Gasteiger partial charge is 0.0340 e. The predicted octanol–water partition coefficient (Wildman–Crippen LogP) is 23.6. The Labute approximate surface area is 514 Å². The van der Waals surface area contributed by atoms with Crippen LogP contribution < -0.4 is 21.3 Å². The molecule has 0 saturated heterocycles. The van der Waals surface area contributed by atoms with Gasteiger partial charge in [0, 0.05) is 48.9 Å². The van der Waals surface area contributed by atoms with Gasteiger partial charge >= 0.3 is 0 Å². The van der Waals surface area contributed by atoms with Crippen molar-refractivity contribution in [1.29, 1.82) is 0 Å². The van der Waals surface area contributed by atoms with Crippen LogP contribution in [0.4, 0.5) is 22.7 Å². The monoisotopic (exact) mass is 1130 g/mol. The van der Waals surface area contributed by atoms with E-state index in [9.17, 15) is 0 Å². The van der Waals surface area contributed by atoms with Gasteiger partial charge in [0.2, 0.25) is 0 Å². The lowest BCUT2D eigenvalue weighted by Crippen LogP contribution is -2.00. The molecule has 2 aliphatic carbocycles. The first-order valence-electron chi connectivity index (χ1n) is 32.2. The number of fused-ring (bicyclic) bond motifs is 15. The maximum absolute atomic E-state index is 3.68. The van der Waals surface area contributed by atoms with Gasteiger partial charge in [-0.3, -0.25) is 0 Å². The van der Waals surface area contributed by atoms with Crippen molar-refractivity contribution in [3.63, 3.8) is 0 Å². The molecule has 15 aromatic rings. The highest BCUT2D eigenvalue weighted by molar-refractivity contribution is 6.44. The van der Waals surface area contributed by atoms with E-state index in [2.05, 4.69) is 267 Å². The Morgan fingerprint density at radius 1 is 0.193 bits per heavy atom. The second-order valence-electron chi connectivity index (χ2n) is 24.5. The van der Waals surface area contributed by atoms with Gasteiger partial charge in [-0.2, -0.15) is 0 Å². The molecule has 0 spiro atoms. The first-order valence-corrected chi connectivity index (χ1v) is 32.2. The zero-order valence-electron chi connectivity index (χ0n) is 50.4. The minimum atomic E-state index is 0.931. The first-order chi connectivity index (χ1) is 43.5. The first kappa shape index (κ1) is 52.2. The molecular formula is C84H68N4. The fraction of sp³-hybridized carbons (Fsp3) is 0.143. The molecule has 0 aromatic heterocycles. The van der Waals surface area contributed by atoms with Crippen molar-refractivity contribution in [2.24, 2.45) is 0 Å². The summed E-state index contributed by atoms with van der Waals surface area (Å²) in [5.41, 5.74) is 25.1. The summed E-state index contributed by atoms with van der Waals surface area (Å²) in [5, 5.41) is 35.5. The van der Waals surface area contributed by atoms with Crippen LogP contribution in [0.3, 0.4) is 0 Å². The molecule has 4 nitrogen and oxygen atoms in total. The molecule has 0 amide bonds. The highest BCUT2D eigenvalue weighted by Crippen LogP contribution is 2.64. The molecule has 0 unspecified atom stereocenters. The van der Waals surface area contributed by atoms with Crippen LogP contribution in [0.2, 0.25) is 0 Å². The van der Waals surface area contributed by atoms with Gasteiger partial charge in [0.05, 0.1) is 0 Å². The molecular weight excluding hydrogens is 1060 g/mol. The van der Waals surface area contributed by atoms with Crippen LogP contribution in [0.25, 0.3) is 175 Å². The number of rotatable bonds is 16. The molecule has 0 radical (unpaired) electrons. The quantitative estimate of drug-likeness (QED) is 0.0575. The number of nitrogens with one attached hydrogen (secondary N) is 4. The van der Waals surface area contributed by atoms with E-state index in [1.165, 1.54) is 175 Å². The summed E-state index contributed by atoms with van der Waals surface area (Å²) in [5.74, 6) is 0. The summed E-state index contributed by atoms with van der Waals surface area (Å²) in [6.07, 6.45) is 4.28. The molecule has 424 valence electrons. The van der Waals surface area contributed by atoms with E-state index >= 15 is 0 Å². The number of hydrogen-bond donors (Lipinski definition) is 4. The third-order valence-corrected chi connectivity index (χ3v) is 19.4. The number of anilines is 4. The van der Waals surface area contributed by atoms with Crippen molar-refractivity contribution < 1.29 is 0 Å². The molecule has 0 fully saturated rings. The van der Waals surface area contributed by atoms with Crippen molar-refractivity contribution in [2.75, 3.05) is 47.4 Å². The fourth-order valence-electron chi connectivity index (χ4n) is 15.7. The van der Waals surface area contributed by atoms with Crippen LogP contribution in [0.1, 0.15) is 53.4 Å². The molecule has 88 heavy (non-hydrogen) atoms. The molecule has 0 heterocycles. The van der Waals surface area contributed by atoms with Gasteiger partial charge in [0.25, 0.3) is 0 Å². The summed E-state index contributed by atoms with van der Waals surface area (Å²) >= 11 is 0. The van der Waals surface area contributed by atoms with Crippen LogP contribution in [0.5, 0.6) is 0 Å². The summed E-state index contributed by atoms with van der Waals surface area (Å²) in [4.78, 5) is 0. The lowest BCUT2D eigenvalue weighted by molar-refractivity contribution is 0.980.